The molecule has 1 aliphatic rings. The molecule has 3 aromatic rings. The Labute approximate surface area is 213 Å². The highest BCUT2D eigenvalue weighted by molar-refractivity contribution is 7.89. The predicted octanol–water partition coefficient (Wildman–Crippen LogP) is 5.25. The molecule has 8 heteroatoms. The Morgan fingerprint density at radius 1 is 1.08 bits per heavy atom. The lowest BCUT2D eigenvalue weighted by atomic mass is 10.0. The van der Waals surface area contributed by atoms with E-state index in [0.29, 0.717) is 25.2 Å². The second kappa shape index (κ2) is 10.2. The Morgan fingerprint density at radius 3 is 2.47 bits per heavy atom. The summed E-state index contributed by atoms with van der Waals surface area (Å²) in [6.07, 6.45) is 2.03. The summed E-state index contributed by atoms with van der Waals surface area (Å²) in [6, 6.07) is 15.9. The van der Waals surface area contributed by atoms with Crippen molar-refractivity contribution >= 4 is 26.9 Å². The molecule has 0 spiro atoms. The van der Waals surface area contributed by atoms with Crippen molar-refractivity contribution in [3.8, 4) is 5.75 Å². The summed E-state index contributed by atoms with van der Waals surface area (Å²) in [5.41, 5.74) is 2.23. The van der Waals surface area contributed by atoms with Crippen LogP contribution in [0.1, 0.15) is 51.3 Å². The van der Waals surface area contributed by atoms with Gasteiger partial charge in [0.05, 0.1) is 16.3 Å². The number of aryl methyl sites for hydroxylation is 1. The van der Waals surface area contributed by atoms with Gasteiger partial charge in [-0.2, -0.15) is 4.31 Å². The zero-order chi connectivity index (χ0) is 26.1. The van der Waals surface area contributed by atoms with Crippen LogP contribution in [0.2, 0.25) is 0 Å². The van der Waals surface area contributed by atoms with Gasteiger partial charge in [-0.1, -0.05) is 24.6 Å². The third-order valence-corrected chi connectivity index (χ3v) is 8.38. The number of ether oxygens (including phenoxy) is 2. The molecular formula is C28H34N2O5S. The smallest absolute Gasteiger partial charge is 0.311 e. The third-order valence-electron chi connectivity index (χ3n) is 6.48. The average Bonchev–Trinajstić information content (AvgIpc) is 3.31. The van der Waals surface area contributed by atoms with Crippen LogP contribution in [-0.4, -0.2) is 42.4 Å². The quantitative estimate of drug-likeness (QED) is 0.404. The summed E-state index contributed by atoms with van der Waals surface area (Å²) < 4.78 is 39.6. The highest BCUT2D eigenvalue weighted by Crippen LogP contribution is 2.34. The molecule has 0 aliphatic heterocycles. The minimum atomic E-state index is -3.79. The second-order valence-electron chi connectivity index (χ2n) is 10.4. The third kappa shape index (κ3) is 5.71. The van der Waals surface area contributed by atoms with E-state index in [4.69, 9.17) is 9.47 Å². The van der Waals surface area contributed by atoms with E-state index in [1.807, 2.05) is 58.0 Å². The number of pyridine rings is 1. The van der Waals surface area contributed by atoms with Crippen LogP contribution in [0.4, 0.5) is 0 Å². The number of para-hydroxylation sites is 1. The molecule has 0 saturated heterocycles. The van der Waals surface area contributed by atoms with Crippen molar-refractivity contribution in [3.05, 3.63) is 65.9 Å². The molecule has 0 unspecified atom stereocenters. The molecule has 1 fully saturated rings. The van der Waals surface area contributed by atoms with Crippen molar-refractivity contribution in [1.29, 1.82) is 0 Å². The number of fused-ring (bicyclic) bond motifs is 1. The largest absolute Gasteiger partial charge is 0.489 e. The van der Waals surface area contributed by atoms with Crippen molar-refractivity contribution < 1.29 is 22.7 Å². The number of rotatable bonds is 7. The summed E-state index contributed by atoms with van der Waals surface area (Å²) in [7, 11) is -2.24. The van der Waals surface area contributed by atoms with Crippen molar-refractivity contribution in [3.63, 3.8) is 0 Å². The Bertz CT molecular complexity index is 1350. The van der Waals surface area contributed by atoms with Crippen molar-refractivity contribution in [2.75, 3.05) is 7.05 Å². The van der Waals surface area contributed by atoms with E-state index in [9.17, 15) is 13.2 Å². The average molecular weight is 511 g/mol. The fourth-order valence-corrected chi connectivity index (χ4v) is 6.18. The van der Waals surface area contributed by atoms with Crippen LogP contribution in [0.15, 0.2) is 59.5 Å². The minimum Gasteiger partial charge on any atom is -0.489 e. The van der Waals surface area contributed by atoms with Gasteiger partial charge in [-0.05, 0) is 76.9 Å². The summed E-state index contributed by atoms with van der Waals surface area (Å²) in [6.45, 7) is 7.74. The van der Waals surface area contributed by atoms with Crippen LogP contribution in [0.3, 0.4) is 0 Å². The maximum atomic E-state index is 13.4. The molecule has 2 atom stereocenters. The van der Waals surface area contributed by atoms with Gasteiger partial charge in [0.1, 0.15) is 18.0 Å². The van der Waals surface area contributed by atoms with Crippen LogP contribution in [-0.2, 0) is 26.2 Å². The molecule has 0 radical (unpaired) electrons. The molecule has 7 nitrogen and oxygen atoms in total. The Hall–Kier alpha value is -2.97. The van der Waals surface area contributed by atoms with E-state index in [-0.39, 0.29) is 10.9 Å². The van der Waals surface area contributed by atoms with Gasteiger partial charge < -0.3 is 9.47 Å². The maximum Gasteiger partial charge on any atom is 0.311 e. The number of benzene rings is 2. The highest BCUT2D eigenvalue weighted by atomic mass is 32.2. The summed E-state index contributed by atoms with van der Waals surface area (Å²) in [4.78, 5) is 17.4. The lowest BCUT2D eigenvalue weighted by Crippen LogP contribution is -2.43. The van der Waals surface area contributed by atoms with E-state index >= 15 is 0 Å². The van der Waals surface area contributed by atoms with E-state index < -0.39 is 27.6 Å². The molecule has 192 valence electrons. The van der Waals surface area contributed by atoms with Gasteiger partial charge in [0.15, 0.2) is 0 Å². The van der Waals surface area contributed by atoms with Crippen LogP contribution >= 0.6 is 0 Å². The Balaban J connectivity index is 1.46. The molecule has 0 bridgehead atoms. The van der Waals surface area contributed by atoms with Gasteiger partial charge in [0, 0.05) is 29.7 Å². The lowest BCUT2D eigenvalue weighted by molar-refractivity contribution is -0.161. The summed E-state index contributed by atoms with van der Waals surface area (Å²) in [5, 5.41) is 1.03. The first kappa shape index (κ1) is 26.1. The first-order chi connectivity index (χ1) is 17.0. The normalized spacial score (nSPS) is 18.5. The SMILES string of the molecule is Cc1cc(COc2ccc(S(=O)(=O)N(C)[C@@H]3CCC[C@@H]3C(=O)OC(C)(C)C)cc2)c2ccccc2n1. The van der Waals surface area contributed by atoms with Gasteiger partial charge in [-0.15, -0.1) is 0 Å². The van der Waals surface area contributed by atoms with Gasteiger partial charge in [-0.3, -0.25) is 9.78 Å². The van der Waals surface area contributed by atoms with E-state index in [1.54, 1.807) is 31.3 Å². The number of nitrogens with zero attached hydrogens (tertiary/aromatic N) is 2. The topological polar surface area (TPSA) is 85.8 Å². The molecule has 2 aromatic carbocycles. The van der Waals surface area contributed by atoms with Gasteiger partial charge in [0.2, 0.25) is 10.0 Å². The monoisotopic (exact) mass is 510 g/mol. The molecule has 1 saturated carbocycles. The summed E-state index contributed by atoms with van der Waals surface area (Å²) >= 11 is 0. The standard InChI is InChI=1S/C28H34N2O5S/c1-19-17-20(23-9-6-7-11-25(23)29-19)18-34-21-13-15-22(16-14-21)36(32,33)30(5)26-12-8-10-24(26)27(31)35-28(2,3)4/h6-7,9,11,13-17,24,26H,8,10,12,18H2,1-5H3/t24-,26+/m0/s1. The number of aromatic nitrogens is 1. The van der Waals surface area contributed by atoms with Crippen molar-refractivity contribution in [2.45, 2.75) is 70.1 Å². The fourth-order valence-electron chi connectivity index (χ4n) is 4.76. The van der Waals surface area contributed by atoms with Gasteiger partial charge >= 0.3 is 5.97 Å². The molecule has 1 aromatic heterocycles. The van der Waals surface area contributed by atoms with Crippen LogP contribution in [0, 0.1) is 12.8 Å². The zero-order valence-electron chi connectivity index (χ0n) is 21.5. The molecule has 1 aliphatic carbocycles. The summed E-state index contributed by atoms with van der Waals surface area (Å²) in [5.74, 6) is -0.234. The Kier molecular flexibility index (Phi) is 7.38. The van der Waals surface area contributed by atoms with Crippen molar-refractivity contribution in [1.82, 2.24) is 9.29 Å². The second-order valence-corrected chi connectivity index (χ2v) is 12.4. The zero-order valence-corrected chi connectivity index (χ0v) is 22.3. The van der Waals surface area contributed by atoms with E-state index in [1.165, 1.54) is 4.31 Å². The van der Waals surface area contributed by atoms with Crippen LogP contribution in [0.25, 0.3) is 10.9 Å². The van der Waals surface area contributed by atoms with Crippen molar-refractivity contribution in [2.24, 2.45) is 5.92 Å². The number of esters is 1. The lowest BCUT2D eigenvalue weighted by Gasteiger charge is -2.30. The number of carbonyl (C=O) groups is 1. The minimum absolute atomic E-state index is 0.164. The highest BCUT2D eigenvalue weighted by Gasteiger charge is 2.42. The first-order valence-electron chi connectivity index (χ1n) is 12.2. The number of hydrogen-bond donors (Lipinski definition) is 0. The number of hydrogen-bond acceptors (Lipinski definition) is 6. The first-order valence-corrected chi connectivity index (χ1v) is 13.7. The predicted molar refractivity (Wildman–Crippen MR) is 139 cm³/mol. The molecule has 0 N–H and O–H groups in total. The van der Waals surface area contributed by atoms with Gasteiger partial charge in [0.25, 0.3) is 0 Å². The van der Waals surface area contributed by atoms with E-state index in [0.717, 1.165) is 28.6 Å². The molecule has 4 rings (SSSR count). The van der Waals surface area contributed by atoms with E-state index in [2.05, 4.69) is 4.98 Å². The van der Waals surface area contributed by atoms with Crippen LogP contribution < -0.4 is 4.74 Å². The van der Waals surface area contributed by atoms with Gasteiger partial charge in [-0.25, -0.2) is 8.42 Å². The molecule has 0 amide bonds. The molecule has 1 heterocycles. The maximum absolute atomic E-state index is 13.4. The fraction of sp³-hybridized carbons (Fsp3) is 0.429. The Morgan fingerprint density at radius 2 is 1.78 bits per heavy atom. The van der Waals surface area contributed by atoms with Crippen LogP contribution in [0.5, 0.6) is 5.75 Å². The molecular weight excluding hydrogens is 476 g/mol. The number of sulfonamides is 1. The number of carbonyl (C=O) groups excluding carboxylic acids is 1. The molecule has 36 heavy (non-hydrogen) atoms.